The molecular weight excluding hydrogens is 422 g/mol. The Bertz CT molecular complexity index is 1000. The molecule has 0 unspecified atom stereocenters. The van der Waals surface area contributed by atoms with Crippen LogP contribution in [-0.4, -0.2) is 26.9 Å². The number of aromatic nitrogens is 4. The maximum atomic E-state index is 6.00. The molecule has 3 heterocycles. The highest BCUT2D eigenvalue weighted by molar-refractivity contribution is 8.00. The Morgan fingerprint density at radius 3 is 3.00 bits per heavy atom. The molecule has 0 saturated heterocycles. The second kappa shape index (κ2) is 8.83. The van der Waals surface area contributed by atoms with E-state index in [1.54, 1.807) is 11.3 Å². The van der Waals surface area contributed by atoms with Gasteiger partial charge < -0.3 is 9.84 Å². The third kappa shape index (κ3) is 5.07. The van der Waals surface area contributed by atoms with E-state index in [9.17, 15) is 0 Å². The van der Waals surface area contributed by atoms with Crippen LogP contribution in [0.25, 0.3) is 11.4 Å². The molecule has 27 heavy (non-hydrogen) atoms. The predicted molar refractivity (Wildman–Crippen MR) is 111 cm³/mol. The first-order valence-electron chi connectivity index (χ1n) is 8.07. The van der Waals surface area contributed by atoms with Gasteiger partial charge >= 0.3 is 0 Å². The molecule has 0 bridgehead atoms. The fourth-order valence-electron chi connectivity index (χ4n) is 2.27. The topological polar surface area (TPSA) is 76.7 Å². The zero-order valence-corrected chi connectivity index (χ0v) is 17.2. The molecule has 1 aromatic carbocycles. The summed E-state index contributed by atoms with van der Waals surface area (Å²) < 4.78 is 6.17. The van der Waals surface area contributed by atoms with Crippen LogP contribution in [-0.2, 0) is 12.2 Å². The molecule has 0 amide bonds. The molecule has 1 N–H and O–H groups in total. The summed E-state index contributed by atoms with van der Waals surface area (Å²) in [6.45, 7) is 0.840. The maximum Gasteiger partial charge on any atom is 0.237 e. The molecule has 4 rings (SSSR count). The third-order valence-electron chi connectivity index (χ3n) is 3.50. The van der Waals surface area contributed by atoms with Gasteiger partial charge in [-0.15, -0.1) is 21.5 Å². The number of hydrogen-bond donors (Lipinski definition) is 1. The van der Waals surface area contributed by atoms with Crippen LogP contribution < -0.4 is 5.32 Å². The quantitative estimate of drug-likeness (QED) is 0.378. The predicted octanol–water partition coefficient (Wildman–Crippen LogP) is 5.25. The molecule has 3 aromatic heterocycles. The van der Waals surface area contributed by atoms with E-state index in [0.29, 0.717) is 22.5 Å². The highest BCUT2D eigenvalue weighted by Gasteiger charge is 2.11. The van der Waals surface area contributed by atoms with Crippen molar-refractivity contribution in [2.24, 2.45) is 0 Å². The molecular formula is C17H14ClN5OS3. The lowest BCUT2D eigenvalue weighted by atomic mass is 10.2. The molecule has 0 atom stereocenters. The van der Waals surface area contributed by atoms with Gasteiger partial charge in [-0.2, -0.15) is 4.98 Å². The van der Waals surface area contributed by atoms with Crippen molar-refractivity contribution < 1.29 is 4.52 Å². The molecule has 0 aliphatic rings. The van der Waals surface area contributed by atoms with Gasteiger partial charge in [0, 0.05) is 22.0 Å². The van der Waals surface area contributed by atoms with Gasteiger partial charge in [0.2, 0.25) is 16.8 Å². The van der Waals surface area contributed by atoms with E-state index >= 15 is 0 Å². The average molecular weight is 436 g/mol. The first kappa shape index (κ1) is 18.4. The van der Waals surface area contributed by atoms with Crippen LogP contribution in [0.3, 0.4) is 0 Å². The number of thiophene rings is 1. The van der Waals surface area contributed by atoms with Crippen molar-refractivity contribution in [1.29, 1.82) is 0 Å². The normalized spacial score (nSPS) is 11.0. The highest BCUT2D eigenvalue weighted by atomic mass is 35.5. The van der Waals surface area contributed by atoms with E-state index < -0.39 is 0 Å². The Balaban J connectivity index is 1.28. The van der Waals surface area contributed by atoms with Crippen LogP contribution in [0.4, 0.5) is 5.13 Å². The summed E-state index contributed by atoms with van der Waals surface area (Å²) in [7, 11) is 0. The number of nitrogens with zero attached hydrogens (tertiary/aromatic N) is 4. The summed E-state index contributed by atoms with van der Waals surface area (Å²) in [4.78, 5) is 5.76. The second-order valence-electron chi connectivity index (χ2n) is 5.44. The zero-order valence-electron chi connectivity index (χ0n) is 14.0. The number of anilines is 1. The number of hydrogen-bond acceptors (Lipinski definition) is 9. The van der Waals surface area contributed by atoms with E-state index in [2.05, 4.69) is 43.2 Å². The fourth-order valence-corrected chi connectivity index (χ4v) is 4.78. The number of nitrogens with one attached hydrogen (secondary N) is 1. The number of halogens is 1. The lowest BCUT2D eigenvalue weighted by Gasteiger charge is -1.98. The maximum absolute atomic E-state index is 6.00. The van der Waals surface area contributed by atoms with Crippen molar-refractivity contribution in [1.82, 2.24) is 20.3 Å². The first-order valence-corrected chi connectivity index (χ1v) is 11.1. The molecule has 0 aliphatic heterocycles. The van der Waals surface area contributed by atoms with Crippen molar-refractivity contribution in [3.63, 3.8) is 0 Å². The summed E-state index contributed by atoms with van der Waals surface area (Å²) in [5.41, 5.74) is 0.829. The van der Waals surface area contributed by atoms with Gasteiger partial charge in [0.1, 0.15) is 0 Å². The van der Waals surface area contributed by atoms with Crippen molar-refractivity contribution >= 4 is 51.2 Å². The molecule has 0 radical (unpaired) electrons. The SMILES string of the molecule is Clc1cccc(-c2noc(CSc3nnc(NCCc4cccs4)s3)n2)c1. The Morgan fingerprint density at radius 2 is 2.15 bits per heavy atom. The average Bonchev–Trinajstić information content (AvgIpc) is 3.42. The largest absolute Gasteiger partial charge is 0.360 e. The molecule has 0 fully saturated rings. The molecule has 0 aliphatic carbocycles. The van der Waals surface area contributed by atoms with E-state index in [1.165, 1.54) is 28.0 Å². The summed E-state index contributed by atoms with van der Waals surface area (Å²) in [5, 5.41) is 19.2. The van der Waals surface area contributed by atoms with Crippen LogP contribution >= 0.6 is 46.0 Å². The van der Waals surface area contributed by atoms with E-state index in [1.807, 2.05) is 24.3 Å². The summed E-state index contributed by atoms with van der Waals surface area (Å²) in [6.07, 6.45) is 0.980. The van der Waals surface area contributed by atoms with Crippen molar-refractivity contribution in [2.75, 3.05) is 11.9 Å². The number of thioether (sulfide) groups is 1. The lowest BCUT2D eigenvalue weighted by molar-refractivity contribution is 0.391. The first-order chi connectivity index (χ1) is 13.3. The minimum absolute atomic E-state index is 0.529. The van der Waals surface area contributed by atoms with Crippen molar-refractivity contribution in [2.45, 2.75) is 16.5 Å². The van der Waals surface area contributed by atoms with Gasteiger partial charge in [0.15, 0.2) is 4.34 Å². The van der Waals surface area contributed by atoms with E-state index in [4.69, 9.17) is 16.1 Å². The Hall–Kier alpha value is -1.94. The Labute approximate surface area is 173 Å². The standard InChI is InChI=1S/C17H14ClN5OS3/c18-12-4-1-3-11(9-12)15-20-14(24-23-15)10-26-17-22-21-16(27-17)19-7-6-13-5-2-8-25-13/h1-5,8-9H,6-7,10H2,(H,19,21). The van der Waals surface area contributed by atoms with Crippen LogP contribution in [0.15, 0.2) is 50.6 Å². The van der Waals surface area contributed by atoms with Gasteiger partial charge in [-0.25, -0.2) is 0 Å². The Kier molecular flexibility index (Phi) is 6.03. The monoisotopic (exact) mass is 435 g/mol. The van der Waals surface area contributed by atoms with Crippen LogP contribution in [0.1, 0.15) is 10.8 Å². The second-order valence-corrected chi connectivity index (χ2v) is 9.11. The van der Waals surface area contributed by atoms with Crippen LogP contribution in [0.2, 0.25) is 5.02 Å². The summed E-state index contributed by atoms with van der Waals surface area (Å²) >= 11 is 10.8. The van der Waals surface area contributed by atoms with Crippen LogP contribution in [0.5, 0.6) is 0 Å². The minimum atomic E-state index is 0.529. The van der Waals surface area contributed by atoms with Gasteiger partial charge in [0.25, 0.3) is 0 Å². The van der Waals surface area contributed by atoms with E-state index in [-0.39, 0.29) is 0 Å². The number of rotatable bonds is 8. The molecule has 6 nitrogen and oxygen atoms in total. The molecule has 10 heteroatoms. The van der Waals surface area contributed by atoms with Crippen molar-refractivity contribution in [3.8, 4) is 11.4 Å². The fraction of sp³-hybridized carbons (Fsp3) is 0.176. The van der Waals surface area contributed by atoms with Crippen LogP contribution in [0, 0.1) is 0 Å². The van der Waals surface area contributed by atoms with Gasteiger partial charge in [-0.05, 0) is 30.0 Å². The van der Waals surface area contributed by atoms with Gasteiger partial charge in [-0.3, -0.25) is 0 Å². The Morgan fingerprint density at radius 1 is 1.19 bits per heavy atom. The molecule has 4 aromatic rings. The molecule has 0 saturated carbocycles. The van der Waals surface area contributed by atoms with Gasteiger partial charge in [0.05, 0.1) is 5.75 Å². The summed E-state index contributed by atoms with van der Waals surface area (Å²) in [6, 6.07) is 11.6. The summed E-state index contributed by atoms with van der Waals surface area (Å²) in [5.74, 6) is 1.61. The van der Waals surface area contributed by atoms with Gasteiger partial charge in [-0.1, -0.05) is 58.1 Å². The molecule has 0 spiro atoms. The highest BCUT2D eigenvalue weighted by Crippen LogP contribution is 2.29. The van der Waals surface area contributed by atoms with E-state index in [0.717, 1.165) is 28.0 Å². The lowest BCUT2D eigenvalue weighted by Crippen LogP contribution is -2.03. The third-order valence-corrected chi connectivity index (χ3v) is 6.67. The smallest absolute Gasteiger partial charge is 0.237 e. The van der Waals surface area contributed by atoms with Crippen molar-refractivity contribution in [3.05, 3.63) is 57.6 Å². The number of benzene rings is 1. The zero-order chi connectivity index (χ0) is 18.5. The molecule has 138 valence electrons. The minimum Gasteiger partial charge on any atom is -0.360 e.